The molecular weight excluding hydrogens is 754 g/mol. The summed E-state index contributed by atoms with van der Waals surface area (Å²) in [6.45, 7) is 3.34. The zero-order valence-electron chi connectivity index (χ0n) is 31.6. The van der Waals surface area contributed by atoms with Gasteiger partial charge in [0.15, 0.2) is 6.04 Å². The summed E-state index contributed by atoms with van der Waals surface area (Å²) < 4.78 is 28.9. The van der Waals surface area contributed by atoms with Gasteiger partial charge in [0.25, 0.3) is 11.8 Å². The van der Waals surface area contributed by atoms with Crippen LogP contribution < -0.4 is 32.2 Å². The highest BCUT2D eigenvalue weighted by atomic mass is 19.1. The number of rotatable bonds is 21. The number of nitrogens with one attached hydrogen (secondary N) is 4. The summed E-state index contributed by atoms with van der Waals surface area (Å²) in [5.74, 6) is -7.32. The van der Waals surface area contributed by atoms with Crippen LogP contribution in [0.5, 0.6) is 0 Å². The molecule has 0 saturated carbocycles. The summed E-state index contributed by atoms with van der Waals surface area (Å²) in [6.07, 6.45) is 1.17. The van der Waals surface area contributed by atoms with Crippen LogP contribution in [0.1, 0.15) is 85.9 Å². The van der Waals surface area contributed by atoms with Gasteiger partial charge in [0.1, 0.15) is 23.7 Å². The minimum absolute atomic E-state index is 0.0533. The molecular formula is C36H49B2F2N5O12. The van der Waals surface area contributed by atoms with E-state index in [2.05, 4.69) is 21.3 Å². The van der Waals surface area contributed by atoms with Crippen LogP contribution in [-0.4, -0.2) is 129 Å². The van der Waals surface area contributed by atoms with E-state index in [1.807, 2.05) is 6.92 Å². The monoisotopic (exact) mass is 803 g/mol. The molecule has 2 aromatic rings. The van der Waals surface area contributed by atoms with E-state index >= 15 is 0 Å². The Hall–Kier alpha value is -4.95. The lowest BCUT2D eigenvalue weighted by Gasteiger charge is -2.29. The maximum atomic E-state index is 14.6. The zero-order valence-corrected chi connectivity index (χ0v) is 31.6. The quantitative estimate of drug-likeness (QED) is 0.0480. The Labute approximate surface area is 328 Å². The number of likely N-dealkylation sites (tertiary alicyclic amines) is 1. The van der Waals surface area contributed by atoms with Crippen molar-refractivity contribution in [3.63, 3.8) is 0 Å². The van der Waals surface area contributed by atoms with Crippen LogP contribution in [0, 0.1) is 17.6 Å². The fourth-order valence-electron chi connectivity index (χ4n) is 6.39. The molecule has 21 heteroatoms. The fraction of sp³-hybridized carbons (Fsp3) is 0.500. The topological polar surface area (TPSA) is 275 Å². The lowest BCUT2D eigenvalue weighted by Crippen LogP contribution is -2.54. The van der Waals surface area contributed by atoms with Gasteiger partial charge >= 0.3 is 20.2 Å². The van der Waals surface area contributed by atoms with Crippen molar-refractivity contribution in [3.8, 4) is 0 Å². The van der Waals surface area contributed by atoms with E-state index in [0.29, 0.717) is 45.1 Å². The first-order valence-corrected chi connectivity index (χ1v) is 18.7. The number of carbonyl (C=O) groups excluding carboxylic acids is 5. The Bertz CT molecular complexity index is 1760. The lowest BCUT2D eigenvalue weighted by atomic mass is 9.79. The normalized spacial score (nSPS) is 15.8. The van der Waals surface area contributed by atoms with Crippen molar-refractivity contribution in [3.05, 3.63) is 59.2 Å². The van der Waals surface area contributed by atoms with Crippen LogP contribution in [0.15, 0.2) is 36.4 Å². The molecule has 1 aliphatic rings. The van der Waals surface area contributed by atoms with E-state index in [4.69, 9.17) is 0 Å². The average molecular weight is 803 g/mol. The highest BCUT2D eigenvalue weighted by Crippen LogP contribution is 2.24. The third-order valence-electron chi connectivity index (χ3n) is 9.65. The van der Waals surface area contributed by atoms with Gasteiger partial charge in [-0.3, -0.25) is 24.0 Å². The molecule has 2 aromatic carbocycles. The fourth-order valence-corrected chi connectivity index (χ4v) is 6.39. The van der Waals surface area contributed by atoms with Gasteiger partial charge < -0.3 is 56.5 Å². The van der Waals surface area contributed by atoms with Crippen LogP contribution in [0.4, 0.5) is 8.78 Å². The van der Waals surface area contributed by atoms with Gasteiger partial charge in [0.05, 0.1) is 17.2 Å². The van der Waals surface area contributed by atoms with Gasteiger partial charge in [0.2, 0.25) is 17.7 Å². The number of hydrogen-bond donors (Lipinski definition) is 10. The predicted octanol–water partition coefficient (Wildman–Crippen LogP) is -2.11. The number of unbranched alkanes of at least 4 members (excludes halogenated alkanes) is 1. The second kappa shape index (κ2) is 22.1. The highest BCUT2D eigenvalue weighted by molar-refractivity contribution is 6.59. The SMILES string of the molecule is CC[C@@H](CCCCNC(=O)[C@H](CCCNC(=O)c1cc(B(O)O)ccc1F)NC(=O)c1cc(B(O)O)ccc1F)C(=O)N1CCC[C@H]1C(=O)N[C@H](C(=O)O)[C@@H](C)O. The molecule has 0 bridgehead atoms. The third kappa shape index (κ3) is 13.3. The smallest absolute Gasteiger partial charge is 0.480 e. The molecule has 10 N–H and O–H groups in total. The molecule has 17 nitrogen and oxygen atoms in total. The number of aliphatic carboxylic acids is 1. The first kappa shape index (κ1) is 46.4. The lowest BCUT2D eigenvalue weighted by molar-refractivity contribution is -0.147. The molecule has 0 spiro atoms. The summed E-state index contributed by atoms with van der Waals surface area (Å²) in [6, 6.07) is 2.11. The number of aliphatic hydroxyl groups excluding tert-OH is 1. The van der Waals surface area contributed by atoms with Crippen molar-refractivity contribution in [2.75, 3.05) is 19.6 Å². The molecule has 0 aliphatic carbocycles. The third-order valence-corrected chi connectivity index (χ3v) is 9.65. The van der Waals surface area contributed by atoms with Crippen molar-refractivity contribution < 1.29 is 67.9 Å². The Balaban J connectivity index is 1.60. The van der Waals surface area contributed by atoms with E-state index in [9.17, 15) is 67.9 Å². The van der Waals surface area contributed by atoms with E-state index in [1.165, 1.54) is 11.8 Å². The number of aliphatic hydroxyl groups is 1. The van der Waals surface area contributed by atoms with Crippen LogP contribution >= 0.6 is 0 Å². The van der Waals surface area contributed by atoms with Crippen LogP contribution in [0.3, 0.4) is 0 Å². The van der Waals surface area contributed by atoms with Gasteiger partial charge in [-0.15, -0.1) is 0 Å². The van der Waals surface area contributed by atoms with Crippen LogP contribution in [0.2, 0.25) is 0 Å². The van der Waals surface area contributed by atoms with Crippen LogP contribution in [0.25, 0.3) is 0 Å². The van der Waals surface area contributed by atoms with Crippen molar-refractivity contribution in [2.24, 2.45) is 5.92 Å². The maximum absolute atomic E-state index is 14.6. The Morgan fingerprint density at radius 2 is 1.40 bits per heavy atom. The minimum atomic E-state index is -2.00. The molecule has 5 atom stereocenters. The summed E-state index contributed by atoms with van der Waals surface area (Å²) in [4.78, 5) is 78.3. The number of carboxylic acids is 1. The number of amides is 5. The van der Waals surface area contributed by atoms with E-state index in [0.717, 1.165) is 36.4 Å². The molecule has 310 valence electrons. The van der Waals surface area contributed by atoms with Crippen molar-refractivity contribution in [2.45, 2.75) is 89.4 Å². The average Bonchev–Trinajstić information content (AvgIpc) is 3.66. The second-order valence-electron chi connectivity index (χ2n) is 13.8. The molecule has 1 heterocycles. The number of hydrogen-bond acceptors (Lipinski definition) is 11. The van der Waals surface area contributed by atoms with E-state index in [1.54, 1.807) is 0 Å². The molecule has 3 rings (SSSR count). The largest absolute Gasteiger partial charge is 0.488 e. The van der Waals surface area contributed by atoms with Gasteiger partial charge in [-0.1, -0.05) is 25.5 Å². The van der Waals surface area contributed by atoms with Gasteiger partial charge in [-0.25, -0.2) is 13.6 Å². The minimum Gasteiger partial charge on any atom is -0.480 e. The number of benzene rings is 2. The number of nitrogens with zero attached hydrogens (tertiary/aromatic N) is 1. The summed E-state index contributed by atoms with van der Waals surface area (Å²) in [5, 5.41) is 66.6. The molecule has 1 saturated heterocycles. The molecule has 0 radical (unpaired) electrons. The predicted molar refractivity (Wildman–Crippen MR) is 202 cm³/mol. The van der Waals surface area contributed by atoms with Crippen LogP contribution in [-0.2, 0) is 19.2 Å². The van der Waals surface area contributed by atoms with Gasteiger partial charge in [-0.2, -0.15) is 0 Å². The zero-order chi connectivity index (χ0) is 42.4. The van der Waals surface area contributed by atoms with Crippen molar-refractivity contribution in [1.82, 2.24) is 26.2 Å². The van der Waals surface area contributed by atoms with Gasteiger partial charge in [0, 0.05) is 25.6 Å². The number of carbonyl (C=O) groups is 6. The van der Waals surface area contributed by atoms with Crippen molar-refractivity contribution >= 4 is 60.7 Å². The Morgan fingerprint density at radius 1 is 0.825 bits per heavy atom. The van der Waals surface area contributed by atoms with Gasteiger partial charge in [-0.05, 0) is 87.1 Å². The highest BCUT2D eigenvalue weighted by Gasteiger charge is 2.38. The molecule has 0 unspecified atom stereocenters. The molecule has 0 aromatic heterocycles. The Kier molecular flexibility index (Phi) is 18.0. The van der Waals surface area contributed by atoms with E-state index < -0.39 is 96.7 Å². The summed E-state index contributed by atoms with van der Waals surface area (Å²) in [5.41, 5.74) is -1.31. The molecule has 1 aliphatic heterocycles. The summed E-state index contributed by atoms with van der Waals surface area (Å²) >= 11 is 0. The summed E-state index contributed by atoms with van der Waals surface area (Å²) in [7, 11) is -3.94. The molecule has 57 heavy (non-hydrogen) atoms. The maximum Gasteiger partial charge on any atom is 0.488 e. The first-order valence-electron chi connectivity index (χ1n) is 18.7. The molecule has 5 amide bonds. The molecule has 1 fully saturated rings. The second-order valence-corrected chi connectivity index (χ2v) is 13.8. The van der Waals surface area contributed by atoms with Crippen molar-refractivity contribution in [1.29, 1.82) is 0 Å². The number of halogens is 2. The first-order chi connectivity index (χ1) is 27.0. The standard InChI is InChI=1S/C36H49B2F2N5O12/c1-3-21(35(51)45-17-7-10-29(45)34(50)44-30(20(2)46)36(52)53)8-4-5-15-42-33(49)28(43-32(48)25-19-23(38(56)57)12-14-27(25)40)9-6-16-41-31(47)24-18-22(37(54)55)11-13-26(24)39/h11-14,18-21,28-30,46,54-57H,3-10,15-17H2,1-2H3,(H,41,47)(H,42,49)(H,43,48)(H,44,50)(H,52,53)/t20-,21+,28+,29+,30+/m1/s1. The Morgan fingerprint density at radius 3 is 1.95 bits per heavy atom. The van der Waals surface area contributed by atoms with E-state index in [-0.39, 0.29) is 42.8 Å². The number of carboxylic acid groups (broad SMARTS) is 1.